The standard InChI is InChI=1S/C17H30ClN3/c1-6-11-19-12-15-16(18)9-8-10-17(15)21(7-2)14(3)13-20(4)5/h8-10,14,19H,6-7,11-13H2,1-5H3. The first kappa shape index (κ1) is 18.3. The topological polar surface area (TPSA) is 18.5 Å². The highest BCUT2D eigenvalue weighted by Gasteiger charge is 2.18. The predicted octanol–water partition coefficient (Wildman–Crippen LogP) is 3.62. The van der Waals surface area contributed by atoms with Crippen LogP contribution in [0.5, 0.6) is 0 Å². The normalized spacial score (nSPS) is 12.7. The molecule has 0 aliphatic heterocycles. The first-order chi connectivity index (χ1) is 10.0. The Kier molecular flexibility index (Phi) is 8.09. The number of rotatable bonds is 9. The lowest BCUT2D eigenvalue weighted by Crippen LogP contribution is -2.40. The molecule has 1 aromatic rings. The first-order valence-corrected chi connectivity index (χ1v) is 8.28. The molecule has 0 saturated heterocycles. The number of hydrogen-bond donors (Lipinski definition) is 1. The van der Waals surface area contributed by atoms with Crippen molar-refractivity contribution < 1.29 is 0 Å². The van der Waals surface area contributed by atoms with Crippen molar-refractivity contribution in [3.8, 4) is 0 Å². The molecule has 1 unspecified atom stereocenters. The Balaban J connectivity index is 2.99. The van der Waals surface area contributed by atoms with Crippen molar-refractivity contribution in [2.45, 2.75) is 39.8 Å². The lowest BCUT2D eigenvalue weighted by Gasteiger charge is -2.34. The molecule has 4 heteroatoms. The second kappa shape index (κ2) is 9.29. The zero-order valence-electron chi connectivity index (χ0n) is 14.1. The molecule has 0 amide bonds. The third-order valence-electron chi connectivity index (χ3n) is 3.63. The lowest BCUT2D eigenvalue weighted by atomic mass is 10.1. The molecule has 0 aliphatic rings. The summed E-state index contributed by atoms with van der Waals surface area (Å²) in [5, 5.41) is 4.32. The smallest absolute Gasteiger partial charge is 0.0471 e. The van der Waals surface area contributed by atoms with Crippen LogP contribution in [0.2, 0.25) is 5.02 Å². The van der Waals surface area contributed by atoms with E-state index in [-0.39, 0.29) is 0 Å². The maximum atomic E-state index is 6.44. The maximum absolute atomic E-state index is 6.44. The largest absolute Gasteiger partial charge is 0.368 e. The van der Waals surface area contributed by atoms with Gasteiger partial charge in [0, 0.05) is 41.9 Å². The number of benzene rings is 1. The van der Waals surface area contributed by atoms with Crippen LogP contribution < -0.4 is 10.2 Å². The molecule has 0 aromatic heterocycles. The third-order valence-corrected chi connectivity index (χ3v) is 3.99. The van der Waals surface area contributed by atoms with Gasteiger partial charge in [0.15, 0.2) is 0 Å². The Labute approximate surface area is 135 Å². The fourth-order valence-electron chi connectivity index (χ4n) is 2.73. The molecule has 0 bridgehead atoms. The molecule has 0 spiro atoms. The van der Waals surface area contributed by atoms with E-state index in [2.05, 4.69) is 56.0 Å². The minimum absolute atomic E-state index is 0.452. The van der Waals surface area contributed by atoms with Crippen molar-refractivity contribution in [2.75, 3.05) is 38.6 Å². The number of halogens is 1. The van der Waals surface area contributed by atoms with Crippen molar-refractivity contribution in [1.82, 2.24) is 10.2 Å². The van der Waals surface area contributed by atoms with Gasteiger partial charge in [0.05, 0.1) is 0 Å². The second-order valence-electron chi connectivity index (χ2n) is 5.81. The zero-order chi connectivity index (χ0) is 15.8. The SMILES string of the molecule is CCCNCc1c(Cl)cccc1N(CC)C(C)CN(C)C. The fraction of sp³-hybridized carbons (Fsp3) is 0.647. The van der Waals surface area contributed by atoms with Crippen molar-refractivity contribution >= 4 is 17.3 Å². The highest BCUT2D eigenvalue weighted by molar-refractivity contribution is 6.31. The van der Waals surface area contributed by atoms with Crippen LogP contribution in [-0.4, -0.2) is 44.7 Å². The van der Waals surface area contributed by atoms with Gasteiger partial charge < -0.3 is 15.1 Å². The van der Waals surface area contributed by atoms with E-state index in [1.807, 2.05) is 12.1 Å². The van der Waals surface area contributed by atoms with Crippen molar-refractivity contribution in [1.29, 1.82) is 0 Å². The van der Waals surface area contributed by atoms with Crippen LogP contribution in [-0.2, 0) is 6.54 Å². The van der Waals surface area contributed by atoms with Gasteiger partial charge in [0.25, 0.3) is 0 Å². The molecule has 3 nitrogen and oxygen atoms in total. The maximum Gasteiger partial charge on any atom is 0.0471 e. The molecule has 120 valence electrons. The Morgan fingerprint density at radius 2 is 1.95 bits per heavy atom. The molecule has 0 radical (unpaired) electrons. The Hall–Kier alpha value is -0.770. The summed E-state index contributed by atoms with van der Waals surface area (Å²) in [6.45, 7) is 10.5. The highest BCUT2D eigenvalue weighted by Crippen LogP contribution is 2.29. The van der Waals surface area contributed by atoms with Crippen molar-refractivity contribution in [2.24, 2.45) is 0 Å². The first-order valence-electron chi connectivity index (χ1n) is 7.90. The van der Waals surface area contributed by atoms with E-state index >= 15 is 0 Å². The van der Waals surface area contributed by atoms with Gasteiger partial charge in [0.2, 0.25) is 0 Å². The average molecular weight is 312 g/mol. The summed E-state index contributed by atoms with van der Waals surface area (Å²) in [6.07, 6.45) is 1.13. The van der Waals surface area contributed by atoms with E-state index in [9.17, 15) is 0 Å². The van der Waals surface area contributed by atoms with Gasteiger partial charge in [-0.05, 0) is 53.0 Å². The third kappa shape index (κ3) is 5.50. The fourth-order valence-corrected chi connectivity index (χ4v) is 2.96. The van der Waals surface area contributed by atoms with Gasteiger partial charge in [-0.1, -0.05) is 24.6 Å². The van der Waals surface area contributed by atoms with Crippen LogP contribution in [0.1, 0.15) is 32.8 Å². The van der Waals surface area contributed by atoms with E-state index in [0.717, 1.165) is 37.6 Å². The minimum Gasteiger partial charge on any atom is -0.368 e. The number of hydrogen-bond acceptors (Lipinski definition) is 3. The van der Waals surface area contributed by atoms with E-state index in [1.165, 1.54) is 11.3 Å². The van der Waals surface area contributed by atoms with E-state index in [4.69, 9.17) is 11.6 Å². The molecule has 1 atom stereocenters. The Morgan fingerprint density at radius 3 is 2.52 bits per heavy atom. The molecular formula is C17H30ClN3. The van der Waals surface area contributed by atoms with Gasteiger partial charge in [0.1, 0.15) is 0 Å². The summed E-state index contributed by atoms with van der Waals surface area (Å²) < 4.78 is 0. The molecule has 0 heterocycles. The summed E-state index contributed by atoms with van der Waals surface area (Å²) in [7, 11) is 4.23. The molecular weight excluding hydrogens is 282 g/mol. The molecule has 0 aliphatic carbocycles. The molecule has 1 aromatic carbocycles. The monoisotopic (exact) mass is 311 g/mol. The quantitative estimate of drug-likeness (QED) is 0.703. The summed E-state index contributed by atoms with van der Waals surface area (Å²) in [6, 6.07) is 6.67. The molecule has 21 heavy (non-hydrogen) atoms. The Bertz CT molecular complexity index is 420. The number of anilines is 1. The number of likely N-dealkylation sites (N-methyl/N-ethyl adjacent to an activating group) is 2. The number of nitrogens with one attached hydrogen (secondary N) is 1. The van der Waals surface area contributed by atoms with Gasteiger partial charge in [-0.3, -0.25) is 0 Å². The van der Waals surface area contributed by atoms with Crippen LogP contribution in [0.4, 0.5) is 5.69 Å². The van der Waals surface area contributed by atoms with Crippen LogP contribution >= 0.6 is 11.6 Å². The van der Waals surface area contributed by atoms with Crippen LogP contribution in [0, 0.1) is 0 Å². The molecule has 0 fully saturated rings. The lowest BCUT2D eigenvalue weighted by molar-refractivity contribution is 0.372. The minimum atomic E-state index is 0.452. The van der Waals surface area contributed by atoms with Crippen LogP contribution in [0.15, 0.2) is 18.2 Å². The van der Waals surface area contributed by atoms with Gasteiger partial charge in [-0.15, -0.1) is 0 Å². The van der Waals surface area contributed by atoms with Crippen LogP contribution in [0.3, 0.4) is 0 Å². The van der Waals surface area contributed by atoms with Gasteiger partial charge >= 0.3 is 0 Å². The molecule has 1 N–H and O–H groups in total. The van der Waals surface area contributed by atoms with Crippen molar-refractivity contribution in [3.05, 3.63) is 28.8 Å². The van der Waals surface area contributed by atoms with E-state index in [0.29, 0.717) is 6.04 Å². The summed E-state index contributed by atoms with van der Waals surface area (Å²) in [4.78, 5) is 4.67. The zero-order valence-corrected chi connectivity index (χ0v) is 14.9. The second-order valence-corrected chi connectivity index (χ2v) is 6.22. The molecule has 1 rings (SSSR count). The number of nitrogens with zero attached hydrogens (tertiary/aromatic N) is 2. The molecule has 0 saturated carbocycles. The van der Waals surface area contributed by atoms with Gasteiger partial charge in [-0.25, -0.2) is 0 Å². The highest BCUT2D eigenvalue weighted by atomic mass is 35.5. The Morgan fingerprint density at radius 1 is 1.24 bits per heavy atom. The summed E-state index contributed by atoms with van der Waals surface area (Å²) >= 11 is 6.44. The summed E-state index contributed by atoms with van der Waals surface area (Å²) in [5.41, 5.74) is 2.46. The summed E-state index contributed by atoms with van der Waals surface area (Å²) in [5.74, 6) is 0. The van der Waals surface area contributed by atoms with Crippen molar-refractivity contribution in [3.63, 3.8) is 0 Å². The average Bonchev–Trinajstić information content (AvgIpc) is 2.41. The predicted molar refractivity (Wildman–Crippen MR) is 94.5 cm³/mol. The van der Waals surface area contributed by atoms with Gasteiger partial charge in [-0.2, -0.15) is 0 Å². The van der Waals surface area contributed by atoms with E-state index in [1.54, 1.807) is 0 Å². The van der Waals surface area contributed by atoms with Crippen LogP contribution in [0.25, 0.3) is 0 Å². The van der Waals surface area contributed by atoms with E-state index < -0.39 is 0 Å².